The third kappa shape index (κ3) is 2.84. The minimum Gasteiger partial charge on any atom is -0.442 e. The van der Waals surface area contributed by atoms with Crippen molar-refractivity contribution in [3.8, 4) is 0 Å². The maximum atomic E-state index is 12.2. The molecule has 2 aromatic heterocycles. The second-order valence-corrected chi connectivity index (χ2v) is 7.84. The summed E-state index contributed by atoms with van der Waals surface area (Å²) >= 11 is 6.04. The number of halogens is 1. The molecule has 3 fully saturated rings. The predicted molar refractivity (Wildman–Crippen MR) is 97.3 cm³/mol. The highest BCUT2D eigenvalue weighted by molar-refractivity contribution is 6.30. The van der Waals surface area contributed by atoms with E-state index in [1.165, 1.54) is 0 Å². The molecule has 0 saturated carbocycles. The summed E-state index contributed by atoms with van der Waals surface area (Å²) in [5.74, 6) is 0. The van der Waals surface area contributed by atoms with E-state index in [0.29, 0.717) is 5.02 Å². The van der Waals surface area contributed by atoms with Crippen molar-refractivity contribution in [1.82, 2.24) is 24.5 Å². The number of imidazole rings is 1. The molecule has 8 heteroatoms. The molecule has 1 amide bonds. The van der Waals surface area contributed by atoms with Gasteiger partial charge in [0.25, 0.3) is 0 Å². The van der Waals surface area contributed by atoms with Gasteiger partial charge in [-0.15, -0.1) is 0 Å². The number of amides is 1. The molecule has 0 unspecified atom stereocenters. The first-order valence-corrected chi connectivity index (χ1v) is 9.60. The molecule has 3 aliphatic rings. The highest BCUT2D eigenvalue weighted by Crippen LogP contribution is 2.29. The molecular formula is C18H22ClN5O2. The third-order valence-electron chi connectivity index (χ3n) is 5.75. The number of hydrogen-bond acceptors (Lipinski definition) is 5. The van der Waals surface area contributed by atoms with Crippen LogP contribution in [0.1, 0.15) is 18.5 Å². The molecule has 3 aliphatic heterocycles. The molecule has 5 rings (SSSR count). The minimum absolute atomic E-state index is 0.0327. The zero-order valence-electron chi connectivity index (χ0n) is 14.5. The summed E-state index contributed by atoms with van der Waals surface area (Å²) in [7, 11) is 0. The first-order chi connectivity index (χ1) is 12.7. The number of carbonyl (C=O) groups excluding carboxylic acids is 1. The van der Waals surface area contributed by atoms with Crippen LogP contribution < -0.4 is 5.32 Å². The first kappa shape index (κ1) is 16.4. The number of likely N-dealkylation sites (tertiary alicyclic amines) is 1. The maximum Gasteiger partial charge on any atom is 0.410 e. The average Bonchev–Trinajstić information content (AvgIpc) is 3.29. The molecule has 5 heterocycles. The minimum atomic E-state index is -0.128. The van der Waals surface area contributed by atoms with E-state index in [1.807, 2.05) is 33.8 Å². The summed E-state index contributed by atoms with van der Waals surface area (Å²) in [5, 5.41) is 4.03. The average molecular weight is 376 g/mol. The Morgan fingerprint density at radius 1 is 1.23 bits per heavy atom. The Hall–Kier alpha value is -1.83. The topological polar surface area (TPSA) is 62.1 Å². The molecule has 0 aromatic carbocycles. The standard InChI is InChI=1S/C18H22ClN5O2/c19-12-1-2-17-21-13(11-23(17)9-12)10-22-5-3-14(4-6-22)24-15-7-20-8-16(15)26-18(24)25/h1-2,9,11,14-16,20H,3-8,10H2/t15-,16+/m1/s1. The van der Waals surface area contributed by atoms with E-state index >= 15 is 0 Å². The van der Waals surface area contributed by atoms with Crippen molar-refractivity contribution in [2.24, 2.45) is 0 Å². The van der Waals surface area contributed by atoms with Gasteiger partial charge in [-0.25, -0.2) is 9.78 Å². The zero-order chi connectivity index (χ0) is 17.7. The van der Waals surface area contributed by atoms with Crippen LogP contribution in [-0.2, 0) is 11.3 Å². The number of nitrogens with zero attached hydrogens (tertiary/aromatic N) is 4. The van der Waals surface area contributed by atoms with E-state index in [9.17, 15) is 4.79 Å². The molecule has 3 saturated heterocycles. The molecule has 2 atom stereocenters. The lowest BCUT2D eigenvalue weighted by atomic mass is 10.0. The van der Waals surface area contributed by atoms with Crippen molar-refractivity contribution in [2.75, 3.05) is 26.2 Å². The fourth-order valence-corrected chi connectivity index (χ4v) is 4.63. The predicted octanol–water partition coefficient (Wildman–Crippen LogP) is 1.74. The highest BCUT2D eigenvalue weighted by Gasteiger charge is 2.47. The highest BCUT2D eigenvalue weighted by atomic mass is 35.5. The van der Waals surface area contributed by atoms with Gasteiger partial charge in [0.1, 0.15) is 11.8 Å². The Morgan fingerprint density at radius 2 is 2.08 bits per heavy atom. The summed E-state index contributed by atoms with van der Waals surface area (Å²) in [4.78, 5) is 21.3. The van der Waals surface area contributed by atoms with E-state index in [2.05, 4.69) is 15.2 Å². The fourth-order valence-electron chi connectivity index (χ4n) is 4.46. The Balaban J connectivity index is 1.22. The van der Waals surface area contributed by atoms with Crippen LogP contribution in [0.4, 0.5) is 4.79 Å². The number of rotatable bonds is 3. The number of fused-ring (bicyclic) bond motifs is 2. The van der Waals surface area contributed by atoms with Crippen LogP contribution in [-0.4, -0.2) is 69.6 Å². The van der Waals surface area contributed by atoms with Gasteiger partial charge in [-0.2, -0.15) is 0 Å². The summed E-state index contributed by atoms with van der Waals surface area (Å²) < 4.78 is 7.47. The van der Waals surface area contributed by atoms with E-state index in [4.69, 9.17) is 16.3 Å². The maximum absolute atomic E-state index is 12.2. The van der Waals surface area contributed by atoms with E-state index in [0.717, 1.165) is 56.9 Å². The lowest BCUT2D eigenvalue weighted by Gasteiger charge is -2.37. The summed E-state index contributed by atoms with van der Waals surface area (Å²) in [6.07, 6.45) is 5.79. The van der Waals surface area contributed by atoms with Crippen LogP contribution in [0.2, 0.25) is 5.02 Å². The van der Waals surface area contributed by atoms with Gasteiger partial charge < -0.3 is 14.5 Å². The van der Waals surface area contributed by atoms with Crippen molar-refractivity contribution >= 4 is 23.3 Å². The van der Waals surface area contributed by atoms with Crippen LogP contribution in [0, 0.1) is 0 Å². The fraction of sp³-hybridized carbons (Fsp3) is 0.556. The first-order valence-electron chi connectivity index (χ1n) is 9.22. The number of ether oxygens (including phenoxy) is 1. The lowest BCUT2D eigenvalue weighted by molar-refractivity contribution is 0.102. The molecule has 138 valence electrons. The van der Waals surface area contributed by atoms with Gasteiger partial charge in [-0.05, 0) is 25.0 Å². The monoisotopic (exact) mass is 375 g/mol. The molecule has 0 bridgehead atoms. The number of aromatic nitrogens is 2. The number of pyridine rings is 1. The van der Waals surface area contributed by atoms with Gasteiger partial charge in [0.15, 0.2) is 0 Å². The van der Waals surface area contributed by atoms with Crippen molar-refractivity contribution in [3.05, 3.63) is 35.2 Å². The second-order valence-electron chi connectivity index (χ2n) is 7.41. The largest absolute Gasteiger partial charge is 0.442 e. The summed E-state index contributed by atoms with van der Waals surface area (Å²) in [6.45, 7) is 4.38. The normalized spacial score (nSPS) is 27.3. The molecular weight excluding hydrogens is 354 g/mol. The molecule has 0 spiro atoms. The SMILES string of the molecule is O=C1O[C@H]2CNC[C@H]2N1C1CCN(Cc2cn3cc(Cl)ccc3n2)CC1. The number of nitrogens with one attached hydrogen (secondary N) is 1. The number of carbonyl (C=O) groups is 1. The molecule has 26 heavy (non-hydrogen) atoms. The van der Waals surface area contributed by atoms with E-state index in [-0.39, 0.29) is 24.3 Å². The van der Waals surface area contributed by atoms with Gasteiger partial charge in [-0.3, -0.25) is 9.80 Å². The van der Waals surface area contributed by atoms with Crippen LogP contribution in [0.15, 0.2) is 24.5 Å². The Morgan fingerprint density at radius 3 is 2.92 bits per heavy atom. The Bertz CT molecular complexity index is 832. The number of piperidine rings is 1. The Labute approximate surface area is 156 Å². The van der Waals surface area contributed by atoms with Gasteiger partial charge in [0.05, 0.1) is 16.8 Å². The Kier molecular flexibility index (Phi) is 4.03. The van der Waals surface area contributed by atoms with Crippen LogP contribution in [0.3, 0.4) is 0 Å². The lowest BCUT2D eigenvalue weighted by Crippen LogP contribution is -2.49. The van der Waals surface area contributed by atoms with E-state index in [1.54, 1.807) is 0 Å². The van der Waals surface area contributed by atoms with Crippen LogP contribution >= 0.6 is 11.6 Å². The molecule has 2 aromatic rings. The molecule has 1 N–H and O–H groups in total. The van der Waals surface area contributed by atoms with Crippen molar-refractivity contribution in [3.63, 3.8) is 0 Å². The quantitative estimate of drug-likeness (QED) is 0.885. The van der Waals surface area contributed by atoms with Crippen LogP contribution in [0.25, 0.3) is 5.65 Å². The van der Waals surface area contributed by atoms with Gasteiger partial charge in [-0.1, -0.05) is 11.6 Å². The van der Waals surface area contributed by atoms with Gasteiger partial charge in [0, 0.05) is 51.2 Å². The van der Waals surface area contributed by atoms with Gasteiger partial charge in [0.2, 0.25) is 0 Å². The summed E-state index contributed by atoms with van der Waals surface area (Å²) in [5.41, 5.74) is 1.96. The number of hydrogen-bond donors (Lipinski definition) is 1. The zero-order valence-corrected chi connectivity index (χ0v) is 15.2. The smallest absolute Gasteiger partial charge is 0.410 e. The molecule has 0 aliphatic carbocycles. The molecule has 0 radical (unpaired) electrons. The third-order valence-corrected chi connectivity index (χ3v) is 5.97. The van der Waals surface area contributed by atoms with Crippen LogP contribution in [0.5, 0.6) is 0 Å². The second kappa shape index (κ2) is 6.40. The summed E-state index contributed by atoms with van der Waals surface area (Å²) in [6, 6.07) is 4.29. The van der Waals surface area contributed by atoms with Crippen molar-refractivity contribution in [1.29, 1.82) is 0 Å². The molecule has 7 nitrogen and oxygen atoms in total. The van der Waals surface area contributed by atoms with Crippen molar-refractivity contribution < 1.29 is 9.53 Å². The van der Waals surface area contributed by atoms with E-state index < -0.39 is 0 Å². The van der Waals surface area contributed by atoms with Crippen molar-refractivity contribution in [2.45, 2.75) is 37.6 Å². The van der Waals surface area contributed by atoms with Gasteiger partial charge >= 0.3 is 6.09 Å².